The molecule has 0 aliphatic rings. The number of nitrogens with one attached hydrogen (secondary N) is 1. The molecule has 0 saturated carbocycles. The normalized spacial score (nSPS) is 11.2. The van der Waals surface area contributed by atoms with Crippen LogP contribution in [-0.2, 0) is 11.4 Å². The van der Waals surface area contributed by atoms with Crippen molar-refractivity contribution in [3.63, 3.8) is 0 Å². The number of halogens is 2. The van der Waals surface area contributed by atoms with Gasteiger partial charge in [-0.3, -0.25) is 4.79 Å². The molecule has 0 radical (unpaired) electrons. The van der Waals surface area contributed by atoms with E-state index in [2.05, 4.69) is 29.6 Å². The molecule has 4 rings (SSSR count). The number of para-hydroxylation sites is 1. The van der Waals surface area contributed by atoms with Gasteiger partial charge < -0.3 is 10.1 Å². The van der Waals surface area contributed by atoms with Crippen molar-refractivity contribution < 1.29 is 9.53 Å². The Morgan fingerprint density at radius 3 is 2.59 bits per heavy atom. The Hall–Kier alpha value is -3.78. The average Bonchev–Trinajstić information content (AvgIpc) is 2.84. The molecule has 1 amide bonds. The molecule has 4 aromatic carbocycles. The first kappa shape index (κ1) is 23.4. The Morgan fingerprint density at radius 2 is 1.79 bits per heavy atom. The first-order chi connectivity index (χ1) is 16.5. The molecule has 4 aromatic rings. The first-order valence-electron chi connectivity index (χ1n) is 10.5. The van der Waals surface area contributed by atoms with Crippen LogP contribution in [0.3, 0.4) is 0 Å². The minimum absolute atomic E-state index is 0.103. The van der Waals surface area contributed by atoms with Gasteiger partial charge in [0.25, 0.3) is 5.91 Å². The molecule has 0 fully saturated rings. The van der Waals surface area contributed by atoms with Gasteiger partial charge in [-0.05, 0) is 59.7 Å². The minimum Gasteiger partial charge on any atom is -0.488 e. The predicted molar refractivity (Wildman–Crippen MR) is 138 cm³/mol. The zero-order valence-corrected chi connectivity index (χ0v) is 19.8. The second kappa shape index (κ2) is 10.4. The molecule has 0 aliphatic carbocycles. The van der Waals surface area contributed by atoms with Crippen LogP contribution in [0.5, 0.6) is 5.75 Å². The van der Waals surface area contributed by atoms with Gasteiger partial charge in [-0.15, -0.1) is 0 Å². The summed E-state index contributed by atoms with van der Waals surface area (Å²) in [4.78, 5) is 12.7. The minimum atomic E-state index is -0.577. The van der Waals surface area contributed by atoms with Crippen LogP contribution in [-0.4, -0.2) is 5.91 Å². The lowest BCUT2D eigenvalue weighted by Crippen LogP contribution is -2.13. The lowest BCUT2D eigenvalue weighted by atomic mass is 10.0. The van der Waals surface area contributed by atoms with E-state index in [1.165, 1.54) is 6.08 Å². The van der Waals surface area contributed by atoms with Crippen LogP contribution < -0.4 is 10.1 Å². The molecule has 0 saturated heterocycles. The molecule has 1 N–H and O–H groups in total. The number of benzene rings is 4. The molecule has 0 heterocycles. The van der Waals surface area contributed by atoms with E-state index >= 15 is 0 Å². The molecule has 0 spiro atoms. The summed E-state index contributed by atoms with van der Waals surface area (Å²) in [5.41, 5.74) is 3.02. The largest absolute Gasteiger partial charge is 0.488 e. The Morgan fingerprint density at radius 1 is 1.03 bits per heavy atom. The fourth-order valence-electron chi connectivity index (χ4n) is 3.61. The van der Waals surface area contributed by atoms with Gasteiger partial charge in [-0.25, -0.2) is 0 Å². The van der Waals surface area contributed by atoms with Crippen molar-refractivity contribution >= 4 is 51.6 Å². The number of aryl methyl sites for hydroxylation is 1. The van der Waals surface area contributed by atoms with E-state index in [1.807, 2.05) is 25.1 Å². The number of nitrogens with zero attached hydrogens (tertiary/aromatic N) is 1. The van der Waals surface area contributed by atoms with Gasteiger partial charge in [-0.1, -0.05) is 71.7 Å². The number of rotatable bonds is 6. The zero-order valence-electron chi connectivity index (χ0n) is 18.3. The number of carbonyl (C=O) groups excluding carboxylic acids is 1. The lowest BCUT2D eigenvalue weighted by molar-refractivity contribution is -0.112. The highest BCUT2D eigenvalue weighted by molar-refractivity contribution is 6.34. The maximum atomic E-state index is 12.7. The lowest BCUT2D eigenvalue weighted by Gasteiger charge is -2.14. The summed E-state index contributed by atoms with van der Waals surface area (Å²) in [5, 5.41) is 15.4. The molecule has 0 unspecified atom stereocenters. The van der Waals surface area contributed by atoms with Gasteiger partial charge in [-0.2, -0.15) is 5.26 Å². The van der Waals surface area contributed by atoms with E-state index in [-0.39, 0.29) is 5.57 Å². The molecule has 0 bridgehead atoms. The van der Waals surface area contributed by atoms with Gasteiger partial charge in [0.05, 0.1) is 10.7 Å². The molecule has 34 heavy (non-hydrogen) atoms. The first-order valence-corrected chi connectivity index (χ1v) is 11.3. The monoisotopic (exact) mass is 486 g/mol. The summed E-state index contributed by atoms with van der Waals surface area (Å²) in [7, 11) is 0. The summed E-state index contributed by atoms with van der Waals surface area (Å²) < 4.78 is 6.16. The van der Waals surface area contributed by atoms with E-state index in [9.17, 15) is 10.1 Å². The van der Waals surface area contributed by atoms with E-state index in [1.54, 1.807) is 42.5 Å². The quantitative estimate of drug-likeness (QED) is 0.225. The third kappa shape index (κ3) is 5.23. The van der Waals surface area contributed by atoms with Crippen molar-refractivity contribution in [2.24, 2.45) is 0 Å². The molecule has 6 heteroatoms. The van der Waals surface area contributed by atoms with E-state index in [0.29, 0.717) is 33.7 Å². The molecule has 0 atom stereocenters. The number of ether oxygens (including phenoxy) is 1. The fourth-order valence-corrected chi connectivity index (χ4v) is 3.97. The highest BCUT2D eigenvalue weighted by Gasteiger charge is 2.14. The fraction of sp³-hybridized carbons (Fsp3) is 0.0714. The number of hydrogen-bond acceptors (Lipinski definition) is 3. The van der Waals surface area contributed by atoms with Crippen LogP contribution in [0, 0.1) is 18.3 Å². The summed E-state index contributed by atoms with van der Waals surface area (Å²) in [6.45, 7) is 2.37. The van der Waals surface area contributed by atoms with Crippen LogP contribution in [0.15, 0.2) is 84.4 Å². The summed E-state index contributed by atoms with van der Waals surface area (Å²) in [6, 6.07) is 26.2. The van der Waals surface area contributed by atoms with Crippen LogP contribution in [0.1, 0.15) is 16.7 Å². The maximum Gasteiger partial charge on any atom is 0.266 e. The molecule has 0 aliphatic heterocycles. The Bertz CT molecular complexity index is 1450. The topological polar surface area (TPSA) is 62.1 Å². The summed E-state index contributed by atoms with van der Waals surface area (Å²) in [6.07, 6.45) is 1.46. The number of fused-ring (bicyclic) bond motifs is 1. The third-order valence-corrected chi connectivity index (χ3v) is 5.97. The zero-order chi connectivity index (χ0) is 24.1. The van der Waals surface area contributed by atoms with Gasteiger partial charge in [0.15, 0.2) is 0 Å². The van der Waals surface area contributed by atoms with Crippen molar-refractivity contribution in [1.29, 1.82) is 5.26 Å². The predicted octanol–water partition coefficient (Wildman–Crippen LogP) is 7.58. The molecular formula is C28H20Cl2N2O2. The molecule has 4 nitrogen and oxygen atoms in total. The van der Waals surface area contributed by atoms with Gasteiger partial charge >= 0.3 is 0 Å². The SMILES string of the molecule is Cc1ccc2ccccc2c1COc1ccc(Cl)cc1/C=C(\C#N)C(=O)Nc1ccccc1Cl. The number of anilines is 1. The second-order valence-corrected chi connectivity index (χ2v) is 8.50. The van der Waals surface area contributed by atoms with Crippen molar-refractivity contribution in [1.82, 2.24) is 0 Å². The number of carbonyl (C=O) groups is 1. The number of amides is 1. The van der Waals surface area contributed by atoms with Gasteiger partial charge in [0.1, 0.15) is 24.0 Å². The van der Waals surface area contributed by atoms with Gasteiger partial charge in [0, 0.05) is 16.1 Å². The maximum absolute atomic E-state index is 12.7. The van der Waals surface area contributed by atoms with Crippen LogP contribution in [0.2, 0.25) is 10.0 Å². The van der Waals surface area contributed by atoms with Crippen molar-refractivity contribution in [2.45, 2.75) is 13.5 Å². The average molecular weight is 487 g/mol. The molecule has 168 valence electrons. The second-order valence-electron chi connectivity index (χ2n) is 7.66. The Kier molecular flexibility index (Phi) is 7.18. The van der Waals surface area contributed by atoms with Crippen LogP contribution >= 0.6 is 23.2 Å². The summed E-state index contributed by atoms with van der Waals surface area (Å²) >= 11 is 12.3. The van der Waals surface area contributed by atoms with E-state index in [0.717, 1.165) is 21.9 Å². The van der Waals surface area contributed by atoms with Crippen LogP contribution in [0.25, 0.3) is 16.8 Å². The highest BCUT2D eigenvalue weighted by Crippen LogP contribution is 2.29. The number of nitriles is 1. The standard InChI is InChI=1S/C28H20Cl2N2O2/c1-18-10-11-19-6-2-3-7-23(19)24(18)17-34-27-13-12-22(29)15-20(27)14-21(16-31)28(33)32-26-9-5-4-8-25(26)30/h2-15H,17H2,1H3,(H,32,33)/b21-14+. The van der Waals surface area contributed by atoms with Crippen molar-refractivity contribution in [3.05, 3.63) is 111 Å². The smallest absolute Gasteiger partial charge is 0.266 e. The Balaban J connectivity index is 1.63. The third-order valence-electron chi connectivity index (χ3n) is 5.41. The highest BCUT2D eigenvalue weighted by atomic mass is 35.5. The summed E-state index contributed by atoms with van der Waals surface area (Å²) in [5.74, 6) is -0.0681. The molecular weight excluding hydrogens is 467 g/mol. The Labute approximate surface area is 208 Å². The van der Waals surface area contributed by atoms with Gasteiger partial charge in [0.2, 0.25) is 0 Å². The van der Waals surface area contributed by atoms with Crippen LogP contribution in [0.4, 0.5) is 5.69 Å². The van der Waals surface area contributed by atoms with E-state index < -0.39 is 5.91 Å². The number of hydrogen-bond donors (Lipinski definition) is 1. The van der Waals surface area contributed by atoms with Crippen molar-refractivity contribution in [2.75, 3.05) is 5.32 Å². The van der Waals surface area contributed by atoms with E-state index in [4.69, 9.17) is 27.9 Å². The van der Waals surface area contributed by atoms with Crippen molar-refractivity contribution in [3.8, 4) is 11.8 Å². The molecule has 0 aromatic heterocycles.